The van der Waals surface area contributed by atoms with Crippen LogP contribution >= 0.6 is 11.3 Å². The lowest BCUT2D eigenvalue weighted by Gasteiger charge is -2.42. The van der Waals surface area contributed by atoms with Crippen LogP contribution in [-0.4, -0.2) is 22.6 Å². The Balaban J connectivity index is 0.646. The van der Waals surface area contributed by atoms with E-state index in [2.05, 4.69) is 511 Å². The number of aromatic nitrogens is 2. The second-order valence-corrected chi connectivity index (χ2v) is 52.7. The standard InChI is InChI=1S/C136H130B2N6O3S/c1-128(2,3)79-44-55-88(56-45-79)139(89-57-46-80(47-58-89)129(4,5)6)92-75-109-119-111(77-92)144-122-100(127-124(144)97-35-27-30-41-114(97)146-127)69-87(71-104(122)138(119)101-64-53-83(131(10,11)12)72-107(101)141(109)105-38-33-43-117-118(105)98-36-28-31-42-116(98)148-117)136(24,25)67-66-135(22,23)82-50-61-91(62-51-82)140(90-59-48-81(49-60-90)130(7,8)9)93-76-110-120-112(78-93)143-121-99(126-123(143)96-34-26-29-40-113(96)145-126)68-86(134(19,20)21)70-103(121)137(120)102-65-54-84(132(13,14)15)73-108(102)142(110)106-39-32-37-95-94-63-52-85(133(16,17)18)74-115(94)147-125(95)106/h26-65,68-78H,66-67H2,1-25H3. The molecule has 6 aromatic heterocycles. The number of hydrogen-bond donors (Lipinski definition) is 0. The maximum atomic E-state index is 7.52. The number of benzene rings is 16. The molecular weight excluding hydrogens is 1820 g/mol. The van der Waals surface area contributed by atoms with Gasteiger partial charge in [-0.05, 0) is 296 Å². The van der Waals surface area contributed by atoms with Gasteiger partial charge < -0.3 is 42.0 Å². The largest absolute Gasteiger partial charge is 0.454 e. The zero-order valence-corrected chi connectivity index (χ0v) is 91.1. The summed E-state index contributed by atoms with van der Waals surface area (Å²) >= 11 is 1.88. The molecule has 0 spiro atoms. The van der Waals surface area contributed by atoms with Crippen LogP contribution in [0.3, 0.4) is 0 Å². The van der Waals surface area contributed by atoms with E-state index >= 15 is 0 Å². The van der Waals surface area contributed by atoms with E-state index in [4.69, 9.17) is 13.3 Å². The summed E-state index contributed by atoms with van der Waals surface area (Å²) in [5, 5.41) is 9.14. The minimum absolute atomic E-state index is 0.0525. The van der Waals surface area contributed by atoms with Gasteiger partial charge in [-0.3, -0.25) is 0 Å². The van der Waals surface area contributed by atoms with E-state index in [1.165, 1.54) is 120 Å². The molecule has 0 fully saturated rings. The van der Waals surface area contributed by atoms with Crippen LogP contribution < -0.4 is 52.4 Å². The first-order valence-electron chi connectivity index (χ1n) is 53.4. The highest BCUT2D eigenvalue weighted by molar-refractivity contribution is 7.26. The van der Waals surface area contributed by atoms with Crippen molar-refractivity contribution in [2.75, 3.05) is 19.6 Å². The lowest BCUT2D eigenvalue weighted by atomic mass is 9.33. The van der Waals surface area contributed by atoms with Crippen molar-refractivity contribution in [1.29, 1.82) is 0 Å². The Kier molecular flexibility index (Phi) is 20.2. The number of para-hydroxylation sites is 3. The van der Waals surface area contributed by atoms with E-state index in [0.717, 1.165) is 164 Å². The van der Waals surface area contributed by atoms with Crippen LogP contribution in [0.4, 0.5) is 68.2 Å². The first kappa shape index (κ1) is 93.3. The highest BCUT2D eigenvalue weighted by atomic mass is 32.1. The van der Waals surface area contributed by atoms with Gasteiger partial charge in [-0.25, -0.2) is 0 Å². The quantitative estimate of drug-likeness (QED) is 0.107. The molecule has 0 unspecified atom stereocenters. The fourth-order valence-corrected chi connectivity index (χ4v) is 26.1. The van der Waals surface area contributed by atoms with Gasteiger partial charge in [0.1, 0.15) is 27.8 Å². The van der Waals surface area contributed by atoms with Gasteiger partial charge in [0, 0.05) is 109 Å². The molecule has 0 bridgehead atoms. The number of fused-ring (bicyclic) bond motifs is 24. The minimum Gasteiger partial charge on any atom is -0.454 e. The van der Waals surface area contributed by atoms with Gasteiger partial charge in [0.25, 0.3) is 13.4 Å². The Hall–Kier alpha value is -14.5. The Morgan fingerprint density at radius 1 is 0.230 bits per heavy atom. The lowest BCUT2D eigenvalue weighted by Crippen LogP contribution is -2.60. The minimum atomic E-state index is -0.360. The van der Waals surface area contributed by atoms with E-state index in [-0.39, 0.29) is 62.2 Å². The van der Waals surface area contributed by atoms with Crippen LogP contribution in [0.2, 0.25) is 0 Å². The fourth-order valence-electron chi connectivity index (χ4n) is 25.0. The zero-order chi connectivity index (χ0) is 103. The van der Waals surface area contributed by atoms with Gasteiger partial charge in [-0.2, -0.15) is 0 Å². The fraction of sp³-hybridized carbons (Fsp3) is 0.265. The first-order valence-corrected chi connectivity index (χ1v) is 54.3. The monoisotopic (exact) mass is 1950 g/mol. The first-order chi connectivity index (χ1) is 70.3. The van der Waals surface area contributed by atoms with Crippen LogP contribution in [-0.2, 0) is 48.7 Å². The number of rotatable bonds is 13. The summed E-state index contributed by atoms with van der Waals surface area (Å²) in [5.74, 6) is 0. The molecule has 4 aliphatic rings. The van der Waals surface area contributed by atoms with E-state index in [0.29, 0.717) is 0 Å². The normalized spacial score (nSPS) is 14.0. The van der Waals surface area contributed by atoms with Crippen molar-refractivity contribution in [2.24, 2.45) is 0 Å². The third-order valence-electron chi connectivity index (χ3n) is 33.7. The van der Waals surface area contributed by atoms with Crippen LogP contribution in [0.15, 0.2) is 323 Å². The SMILES string of the molecule is CC(C)(C)c1ccc(N(c2ccc(C(C)(C)CCC(C)(C)c3cc4c5c(c3)c3oc6ccccc6c3n5-c3cc(N(c5ccc(C(C)(C)C)cc5)c5ccc(C(C)(C)C)cc5)cc5c3B4c3ccc(C(C)(C)C)cc3N5c3cccc4sc5ccccc5c34)cc2)c2cc3c4c(c2)-n2c5c(cc(C(C)(C)C)cc5c5oc6ccccc6c52)B4c2ccc(C(C)(C)C)cc2N3c2cccc3c2oc2cc(C(C)(C)C)ccc23)cc1. The van der Waals surface area contributed by atoms with Crippen LogP contribution in [0.1, 0.15) is 236 Å². The average Bonchev–Trinajstić information content (AvgIpc) is 1.48. The third kappa shape index (κ3) is 14.4. The molecule has 734 valence electrons. The average molecular weight is 1950 g/mol. The Labute approximate surface area is 875 Å². The highest BCUT2D eigenvalue weighted by Gasteiger charge is 2.49. The second kappa shape index (κ2) is 32.0. The predicted molar refractivity (Wildman–Crippen MR) is 636 cm³/mol. The molecule has 148 heavy (non-hydrogen) atoms. The van der Waals surface area contributed by atoms with Gasteiger partial charge in [-0.1, -0.05) is 331 Å². The molecule has 0 radical (unpaired) electrons. The van der Waals surface area contributed by atoms with E-state index < -0.39 is 0 Å². The van der Waals surface area contributed by atoms with Crippen LogP contribution in [0.25, 0.3) is 119 Å². The topological polar surface area (TPSA) is 62.2 Å². The van der Waals surface area contributed by atoms with Gasteiger partial charge in [0.15, 0.2) is 16.7 Å². The molecule has 0 atom stereocenters. The highest BCUT2D eigenvalue weighted by Crippen LogP contribution is 2.57. The Morgan fingerprint density at radius 3 is 1.05 bits per heavy atom. The molecule has 0 amide bonds. The van der Waals surface area contributed by atoms with Crippen molar-refractivity contribution in [3.8, 4) is 11.4 Å². The maximum Gasteiger partial charge on any atom is 0.252 e. The molecule has 12 heteroatoms. The molecule has 4 aliphatic heterocycles. The third-order valence-corrected chi connectivity index (χ3v) is 34.9. The van der Waals surface area contributed by atoms with Gasteiger partial charge >= 0.3 is 0 Å². The van der Waals surface area contributed by atoms with Crippen molar-refractivity contribution < 1.29 is 13.3 Å². The number of thiophene rings is 1. The van der Waals surface area contributed by atoms with Crippen molar-refractivity contribution in [3.05, 3.63) is 359 Å². The summed E-state index contributed by atoms with van der Waals surface area (Å²) in [6.07, 6.45) is 1.79. The molecule has 0 saturated heterocycles. The molecular formula is C136H130B2N6O3S. The summed E-state index contributed by atoms with van der Waals surface area (Å²) in [6, 6.07) is 120. The van der Waals surface area contributed by atoms with E-state index in [1.807, 2.05) is 11.3 Å². The van der Waals surface area contributed by atoms with Crippen LogP contribution in [0.5, 0.6) is 0 Å². The molecule has 0 saturated carbocycles. The van der Waals surface area contributed by atoms with Crippen molar-refractivity contribution in [3.63, 3.8) is 0 Å². The smallest absolute Gasteiger partial charge is 0.252 e. The van der Waals surface area contributed by atoms with Gasteiger partial charge in [0.2, 0.25) is 0 Å². The van der Waals surface area contributed by atoms with Crippen molar-refractivity contribution in [2.45, 2.75) is 235 Å². The van der Waals surface area contributed by atoms with Crippen molar-refractivity contribution in [1.82, 2.24) is 9.13 Å². The van der Waals surface area contributed by atoms with Gasteiger partial charge in [-0.15, -0.1) is 11.3 Å². The Bertz CT molecular complexity index is 9280. The van der Waals surface area contributed by atoms with Crippen LogP contribution in [0, 0.1) is 0 Å². The summed E-state index contributed by atoms with van der Waals surface area (Å²) in [5.41, 5.74) is 42.8. The molecule has 0 N–H and O–H groups in total. The maximum absolute atomic E-state index is 7.52. The second-order valence-electron chi connectivity index (χ2n) is 51.6. The number of anilines is 12. The summed E-state index contributed by atoms with van der Waals surface area (Å²) in [7, 11) is 0. The number of furan rings is 3. The molecule has 0 aliphatic carbocycles. The predicted octanol–water partition coefficient (Wildman–Crippen LogP) is 34.9. The Morgan fingerprint density at radius 2 is 0.588 bits per heavy atom. The summed E-state index contributed by atoms with van der Waals surface area (Å²) < 4.78 is 30.1. The van der Waals surface area contributed by atoms with Crippen molar-refractivity contribution >= 4 is 234 Å². The molecule has 9 nitrogen and oxygen atoms in total. The zero-order valence-electron chi connectivity index (χ0n) is 90.3. The number of hydrogen-bond acceptors (Lipinski definition) is 8. The molecule has 16 aromatic carbocycles. The van der Waals surface area contributed by atoms with E-state index in [9.17, 15) is 0 Å². The summed E-state index contributed by atoms with van der Waals surface area (Å²) in [6.45, 7) is 58.5. The molecule has 22 aromatic rings. The summed E-state index contributed by atoms with van der Waals surface area (Å²) in [4.78, 5) is 10.4. The molecule has 26 rings (SSSR count). The lowest BCUT2D eigenvalue weighted by molar-refractivity contribution is 0.375. The molecule has 10 heterocycles. The van der Waals surface area contributed by atoms with Gasteiger partial charge in [0.05, 0.1) is 33.8 Å². The number of nitrogens with zero attached hydrogens (tertiary/aromatic N) is 6. The van der Waals surface area contributed by atoms with E-state index in [1.54, 1.807) is 0 Å².